The van der Waals surface area contributed by atoms with Crippen LogP contribution in [0.3, 0.4) is 0 Å². The molecule has 0 spiro atoms. The van der Waals surface area contributed by atoms with Crippen molar-refractivity contribution in [1.29, 1.82) is 0 Å². The number of hydrogen-bond donors (Lipinski definition) is 2. The Kier molecular flexibility index (Phi) is 3.75. The van der Waals surface area contributed by atoms with E-state index in [1.165, 1.54) is 0 Å². The minimum absolute atomic E-state index is 0.103. The lowest BCUT2D eigenvalue weighted by molar-refractivity contribution is -0.139. The monoisotopic (exact) mass is 256 g/mol. The summed E-state index contributed by atoms with van der Waals surface area (Å²) in [5, 5.41) is 11.5. The van der Waals surface area contributed by atoms with Crippen LogP contribution in [-0.2, 0) is 9.53 Å². The molecule has 1 atom stereocenters. The Morgan fingerprint density at radius 1 is 1.50 bits per heavy atom. The second kappa shape index (κ2) is 5.14. The van der Waals surface area contributed by atoms with Crippen molar-refractivity contribution in [3.8, 4) is 0 Å². The maximum absolute atomic E-state index is 11.8. The van der Waals surface area contributed by atoms with Crippen molar-refractivity contribution in [2.24, 2.45) is 5.92 Å². The van der Waals surface area contributed by atoms with Crippen LogP contribution in [0.25, 0.3) is 0 Å². The highest BCUT2D eigenvalue weighted by Crippen LogP contribution is 2.24. The van der Waals surface area contributed by atoms with Gasteiger partial charge in [-0.05, 0) is 19.8 Å². The van der Waals surface area contributed by atoms with Crippen molar-refractivity contribution in [3.05, 3.63) is 0 Å². The fraction of sp³-hybridized carbons (Fsp3) is 0.833. The molecule has 0 aromatic heterocycles. The summed E-state index contributed by atoms with van der Waals surface area (Å²) in [6, 6.07) is -0.117. The summed E-state index contributed by atoms with van der Waals surface area (Å²) in [7, 11) is 0. The van der Waals surface area contributed by atoms with Crippen molar-refractivity contribution in [2.45, 2.75) is 31.8 Å². The molecule has 0 saturated carbocycles. The van der Waals surface area contributed by atoms with E-state index in [1.807, 2.05) is 6.92 Å². The third kappa shape index (κ3) is 3.13. The molecule has 2 aliphatic heterocycles. The van der Waals surface area contributed by atoms with Gasteiger partial charge in [0.1, 0.15) is 0 Å². The maximum Gasteiger partial charge on any atom is 0.317 e. The molecule has 0 radical (unpaired) electrons. The third-order valence-electron chi connectivity index (χ3n) is 3.62. The number of rotatable bonds is 4. The van der Waals surface area contributed by atoms with Crippen molar-refractivity contribution in [1.82, 2.24) is 10.2 Å². The fourth-order valence-electron chi connectivity index (χ4n) is 2.46. The summed E-state index contributed by atoms with van der Waals surface area (Å²) in [5.74, 6) is -0.696. The van der Waals surface area contributed by atoms with Gasteiger partial charge in [0.2, 0.25) is 0 Å². The summed E-state index contributed by atoms with van der Waals surface area (Å²) in [6.07, 6.45) is 2.15. The highest BCUT2D eigenvalue weighted by molar-refractivity contribution is 5.75. The fourth-order valence-corrected chi connectivity index (χ4v) is 2.46. The normalized spacial score (nSPS) is 27.9. The SMILES string of the molecule is CC1(CNC(=O)N2CC(CC(=O)O)C2)CCCO1. The molecule has 6 nitrogen and oxygen atoms in total. The number of nitrogens with zero attached hydrogens (tertiary/aromatic N) is 1. The molecule has 2 aliphatic rings. The molecule has 102 valence electrons. The van der Waals surface area contributed by atoms with E-state index in [0.29, 0.717) is 19.6 Å². The van der Waals surface area contributed by atoms with Gasteiger partial charge in [-0.15, -0.1) is 0 Å². The smallest absolute Gasteiger partial charge is 0.317 e. The molecular weight excluding hydrogens is 236 g/mol. The van der Waals surface area contributed by atoms with Gasteiger partial charge >= 0.3 is 12.0 Å². The Bertz CT molecular complexity index is 333. The summed E-state index contributed by atoms with van der Waals surface area (Å²) in [5.41, 5.74) is -0.235. The largest absolute Gasteiger partial charge is 0.481 e. The zero-order valence-corrected chi connectivity index (χ0v) is 10.6. The Morgan fingerprint density at radius 2 is 2.22 bits per heavy atom. The standard InChI is InChI=1S/C12H20N2O4/c1-12(3-2-4-18-12)8-13-11(17)14-6-9(7-14)5-10(15)16/h9H,2-8H2,1H3,(H,13,17)(H,15,16). The molecule has 2 amide bonds. The van der Waals surface area contributed by atoms with E-state index in [4.69, 9.17) is 9.84 Å². The van der Waals surface area contributed by atoms with Crippen molar-refractivity contribution in [3.63, 3.8) is 0 Å². The van der Waals surface area contributed by atoms with Gasteiger partial charge in [0.25, 0.3) is 0 Å². The lowest BCUT2D eigenvalue weighted by Crippen LogP contribution is -2.56. The van der Waals surface area contributed by atoms with Crippen molar-refractivity contribution >= 4 is 12.0 Å². The molecule has 2 fully saturated rings. The topological polar surface area (TPSA) is 78.9 Å². The van der Waals surface area contributed by atoms with E-state index < -0.39 is 5.97 Å². The third-order valence-corrected chi connectivity index (χ3v) is 3.62. The highest BCUT2D eigenvalue weighted by atomic mass is 16.5. The van der Waals surface area contributed by atoms with Gasteiger partial charge in [-0.3, -0.25) is 4.79 Å². The number of carbonyl (C=O) groups excluding carboxylic acids is 1. The first kappa shape index (κ1) is 13.1. The van der Waals surface area contributed by atoms with E-state index in [-0.39, 0.29) is 24.0 Å². The molecule has 2 N–H and O–H groups in total. The molecule has 0 aliphatic carbocycles. The van der Waals surface area contributed by atoms with Gasteiger partial charge < -0.3 is 20.1 Å². The van der Waals surface area contributed by atoms with E-state index in [1.54, 1.807) is 4.90 Å². The molecule has 2 saturated heterocycles. The minimum atomic E-state index is -0.799. The molecule has 0 aromatic carbocycles. The van der Waals surface area contributed by atoms with Gasteiger partial charge in [0.05, 0.1) is 12.0 Å². The zero-order chi connectivity index (χ0) is 13.2. The Labute approximate surface area is 106 Å². The summed E-state index contributed by atoms with van der Waals surface area (Å²) >= 11 is 0. The number of carbonyl (C=O) groups is 2. The molecule has 2 rings (SSSR count). The van der Waals surface area contributed by atoms with Crippen LogP contribution in [0.4, 0.5) is 4.79 Å². The Hall–Kier alpha value is -1.30. The first-order valence-corrected chi connectivity index (χ1v) is 6.37. The Morgan fingerprint density at radius 3 is 2.78 bits per heavy atom. The summed E-state index contributed by atoms with van der Waals surface area (Å²) in [4.78, 5) is 23.9. The van der Waals surface area contributed by atoms with Crippen LogP contribution in [0.2, 0.25) is 0 Å². The molecule has 1 unspecified atom stereocenters. The van der Waals surface area contributed by atoms with Crippen LogP contribution >= 0.6 is 0 Å². The van der Waals surface area contributed by atoms with Crippen LogP contribution in [0.5, 0.6) is 0 Å². The number of ether oxygens (including phenoxy) is 1. The second-order valence-electron chi connectivity index (χ2n) is 5.43. The number of urea groups is 1. The zero-order valence-electron chi connectivity index (χ0n) is 10.6. The molecule has 0 bridgehead atoms. The maximum atomic E-state index is 11.8. The number of carboxylic acids is 1. The lowest BCUT2D eigenvalue weighted by atomic mass is 9.97. The van der Waals surface area contributed by atoms with Gasteiger partial charge in [0.15, 0.2) is 0 Å². The molecular formula is C12H20N2O4. The number of likely N-dealkylation sites (tertiary alicyclic amines) is 1. The van der Waals surface area contributed by atoms with Crippen LogP contribution in [0, 0.1) is 5.92 Å². The number of carboxylic acid groups (broad SMARTS) is 1. The Balaban J connectivity index is 1.66. The molecule has 6 heteroatoms. The predicted molar refractivity (Wildman–Crippen MR) is 64.3 cm³/mol. The second-order valence-corrected chi connectivity index (χ2v) is 5.43. The average molecular weight is 256 g/mol. The predicted octanol–water partition coefficient (Wildman–Crippen LogP) is 0.672. The van der Waals surface area contributed by atoms with Gasteiger partial charge in [-0.1, -0.05) is 0 Å². The summed E-state index contributed by atoms with van der Waals surface area (Å²) in [6.45, 7) is 4.36. The van der Waals surface area contributed by atoms with Gasteiger partial charge in [0, 0.05) is 32.2 Å². The number of hydrogen-bond acceptors (Lipinski definition) is 3. The van der Waals surface area contributed by atoms with E-state index in [0.717, 1.165) is 19.4 Å². The molecule has 18 heavy (non-hydrogen) atoms. The van der Waals surface area contributed by atoms with Crippen LogP contribution in [0.1, 0.15) is 26.2 Å². The van der Waals surface area contributed by atoms with E-state index >= 15 is 0 Å². The number of aliphatic carboxylic acids is 1. The highest BCUT2D eigenvalue weighted by Gasteiger charge is 2.34. The first-order chi connectivity index (χ1) is 8.48. The van der Waals surface area contributed by atoms with Gasteiger partial charge in [-0.25, -0.2) is 4.79 Å². The lowest BCUT2D eigenvalue weighted by Gasteiger charge is -2.39. The van der Waals surface area contributed by atoms with Gasteiger partial charge in [-0.2, -0.15) is 0 Å². The van der Waals surface area contributed by atoms with Crippen molar-refractivity contribution in [2.75, 3.05) is 26.2 Å². The average Bonchev–Trinajstić information content (AvgIpc) is 2.67. The minimum Gasteiger partial charge on any atom is -0.481 e. The number of nitrogens with one attached hydrogen (secondary N) is 1. The van der Waals surface area contributed by atoms with E-state index in [2.05, 4.69) is 5.32 Å². The van der Waals surface area contributed by atoms with Crippen LogP contribution in [0.15, 0.2) is 0 Å². The molecule has 0 aromatic rings. The number of amides is 2. The summed E-state index contributed by atoms with van der Waals surface area (Å²) < 4.78 is 5.59. The quantitative estimate of drug-likeness (QED) is 0.775. The van der Waals surface area contributed by atoms with Crippen LogP contribution in [-0.4, -0.2) is 53.8 Å². The van der Waals surface area contributed by atoms with Crippen molar-refractivity contribution < 1.29 is 19.4 Å². The van der Waals surface area contributed by atoms with E-state index in [9.17, 15) is 9.59 Å². The molecule has 2 heterocycles. The first-order valence-electron chi connectivity index (χ1n) is 6.37. The van der Waals surface area contributed by atoms with Crippen LogP contribution < -0.4 is 5.32 Å².